The Bertz CT molecular complexity index is 1170. The summed E-state index contributed by atoms with van der Waals surface area (Å²) < 4.78 is 32.7. The lowest BCUT2D eigenvalue weighted by Gasteiger charge is -2.13. The van der Waals surface area contributed by atoms with Crippen molar-refractivity contribution in [2.75, 3.05) is 5.73 Å². The van der Waals surface area contributed by atoms with Crippen molar-refractivity contribution in [3.63, 3.8) is 0 Å². The number of nitrogen functional groups attached to an aromatic ring is 1. The molecule has 2 heterocycles. The molecule has 0 fully saturated rings. The molecular weight excluding hydrogens is 394 g/mol. The second-order valence-corrected chi connectivity index (χ2v) is 8.06. The molecule has 29 heavy (non-hydrogen) atoms. The van der Waals surface area contributed by atoms with E-state index in [4.69, 9.17) is 10.5 Å². The Balaban J connectivity index is 2.08. The van der Waals surface area contributed by atoms with Crippen LogP contribution in [0.4, 0.5) is 5.69 Å². The average Bonchev–Trinajstić information content (AvgIpc) is 2.97. The zero-order chi connectivity index (χ0) is 21.2. The fourth-order valence-corrected chi connectivity index (χ4v) is 4.66. The molecule has 0 unspecified atom stereocenters. The summed E-state index contributed by atoms with van der Waals surface area (Å²) in [5.74, 6) is -1.08. The van der Waals surface area contributed by atoms with Crippen molar-refractivity contribution in [3.8, 4) is 0 Å². The highest BCUT2D eigenvalue weighted by molar-refractivity contribution is 7.90. The van der Waals surface area contributed by atoms with E-state index in [0.29, 0.717) is 0 Å². The van der Waals surface area contributed by atoms with Crippen LogP contribution in [-0.2, 0) is 21.4 Å². The predicted molar refractivity (Wildman–Crippen MR) is 106 cm³/mol. The molecule has 0 radical (unpaired) electrons. The minimum absolute atomic E-state index is 0.00814. The number of Topliss-reactive ketones (excluding diaryl/α,β-unsaturated/α-hetero) is 1. The van der Waals surface area contributed by atoms with Crippen LogP contribution in [0.1, 0.15) is 39.0 Å². The number of hydrogen-bond donors (Lipinski definition) is 1. The fourth-order valence-electron chi connectivity index (χ4n) is 3.06. The summed E-state index contributed by atoms with van der Waals surface area (Å²) in [6.07, 6.45) is 2.84. The van der Waals surface area contributed by atoms with Gasteiger partial charge in [0.25, 0.3) is 10.0 Å². The van der Waals surface area contributed by atoms with Crippen LogP contribution < -0.4 is 5.73 Å². The van der Waals surface area contributed by atoms with Gasteiger partial charge >= 0.3 is 5.97 Å². The van der Waals surface area contributed by atoms with Crippen molar-refractivity contribution >= 4 is 27.5 Å². The molecular formula is C20H19N3O5S. The molecule has 3 aromatic rings. The third kappa shape index (κ3) is 3.77. The number of esters is 1. The lowest BCUT2D eigenvalue weighted by atomic mass is 10.1. The van der Waals surface area contributed by atoms with Gasteiger partial charge in [0.2, 0.25) is 0 Å². The summed E-state index contributed by atoms with van der Waals surface area (Å²) >= 11 is 0. The van der Waals surface area contributed by atoms with Gasteiger partial charge in [0.1, 0.15) is 6.61 Å². The number of nitrogens with two attached hydrogens (primary N) is 1. The van der Waals surface area contributed by atoms with E-state index in [-0.39, 0.29) is 38.9 Å². The summed E-state index contributed by atoms with van der Waals surface area (Å²) in [6.45, 7) is 2.35. The van der Waals surface area contributed by atoms with Gasteiger partial charge in [0.15, 0.2) is 5.78 Å². The minimum Gasteiger partial charge on any atom is -0.455 e. The van der Waals surface area contributed by atoms with Crippen molar-refractivity contribution < 1.29 is 22.7 Å². The molecule has 150 valence electrons. The number of nitrogens with zero attached hydrogens (tertiary/aromatic N) is 2. The van der Waals surface area contributed by atoms with Crippen LogP contribution in [0, 0.1) is 6.92 Å². The van der Waals surface area contributed by atoms with Crippen molar-refractivity contribution in [2.24, 2.45) is 0 Å². The van der Waals surface area contributed by atoms with Crippen LogP contribution in [0.25, 0.3) is 0 Å². The molecule has 3 rings (SSSR count). The summed E-state index contributed by atoms with van der Waals surface area (Å²) in [5, 5.41) is 0. The molecule has 0 bridgehead atoms. The number of rotatable bonds is 6. The van der Waals surface area contributed by atoms with Crippen LogP contribution in [0.2, 0.25) is 0 Å². The average molecular weight is 413 g/mol. The molecule has 9 heteroatoms. The third-order valence-corrected chi connectivity index (χ3v) is 6.21. The summed E-state index contributed by atoms with van der Waals surface area (Å²) in [5.41, 5.74) is 6.52. The first-order valence-electron chi connectivity index (χ1n) is 8.63. The summed E-state index contributed by atoms with van der Waals surface area (Å²) in [4.78, 5) is 28.2. The largest absolute Gasteiger partial charge is 0.455 e. The van der Waals surface area contributed by atoms with Crippen LogP contribution in [0.5, 0.6) is 0 Å². The van der Waals surface area contributed by atoms with Crippen LogP contribution in [-0.4, -0.2) is 29.1 Å². The van der Waals surface area contributed by atoms with Gasteiger partial charge in [-0.3, -0.25) is 9.78 Å². The number of carbonyl (C=O) groups is 2. The number of carbonyl (C=O) groups excluding carboxylic acids is 2. The first-order chi connectivity index (χ1) is 13.7. The Morgan fingerprint density at radius 2 is 1.83 bits per heavy atom. The van der Waals surface area contributed by atoms with Crippen LogP contribution in [0.3, 0.4) is 0 Å². The lowest BCUT2D eigenvalue weighted by Crippen LogP contribution is -2.19. The number of benzene rings is 1. The van der Waals surface area contributed by atoms with E-state index in [1.807, 2.05) is 0 Å². The maximum Gasteiger partial charge on any atom is 0.340 e. The molecule has 0 atom stereocenters. The first kappa shape index (κ1) is 20.3. The molecule has 1 aromatic carbocycles. The highest BCUT2D eigenvalue weighted by Gasteiger charge is 2.30. The van der Waals surface area contributed by atoms with E-state index in [1.54, 1.807) is 24.3 Å². The maximum absolute atomic E-state index is 13.2. The highest BCUT2D eigenvalue weighted by Crippen LogP contribution is 2.30. The van der Waals surface area contributed by atoms with E-state index in [0.717, 1.165) is 3.97 Å². The summed E-state index contributed by atoms with van der Waals surface area (Å²) in [7, 11) is -4.07. The number of hydrogen-bond acceptors (Lipinski definition) is 7. The Kier molecular flexibility index (Phi) is 5.51. The van der Waals surface area contributed by atoms with Crippen LogP contribution >= 0.6 is 0 Å². The Morgan fingerprint density at radius 1 is 1.14 bits per heavy atom. The molecule has 0 aliphatic carbocycles. The lowest BCUT2D eigenvalue weighted by molar-refractivity contribution is 0.0467. The smallest absolute Gasteiger partial charge is 0.340 e. The topological polar surface area (TPSA) is 121 Å². The van der Waals surface area contributed by atoms with Crippen molar-refractivity contribution in [3.05, 3.63) is 77.4 Å². The maximum atomic E-state index is 13.2. The number of ketones is 1. The standard InChI is InChI=1S/C20H19N3O5S/c1-13-18(14(2)24)19(21)17(12-28-20(25)15-7-6-10-22-11-15)23(13)29(26,27)16-8-4-3-5-9-16/h3-11H,12,21H2,1-2H3. The van der Waals surface area contributed by atoms with Gasteiger partial charge in [-0.15, -0.1) is 0 Å². The van der Waals surface area contributed by atoms with Gasteiger partial charge in [-0.25, -0.2) is 17.2 Å². The monoisotopic (exact) mass is 413 g/mol. The van der Waals surface area contributed by atoms with Crippen molar-refractivity contribution in [2.45, 2.75) is 25.3 Å². The third-order valence-electron chi connectivity index (χ3n) is 4.36. The zero-order valence-corrected chi connectivity index (χ0v) is 16.6. The fraction of sp³-hybridized carbons (Fsp3) is 0.150. The molecule has 0 amide bonds. The highest BCUT2D eigenvalue weighted by atomic mass is 32.2. The molecule has 8 nitrogen and oxygen atoms in total. The molecule has 0 saturated carbocycles. The molecule has 0 aliphatic rings. The number of ether oxygens (including phenoxy) is 1. The van der Waals surface area contributed by atoms with E-state index in [2.05, 4.69) is 4.98 Å². The number of aromatic nitrogens is 2. The van der Waals surface area contributed by atoms with Gasteiger partial charge in [0, 0.05) is 18.1 Å². The second-order valence-electron chi connectivity index (χ2n) is 6.28. The Morgan fingerprint density at radius 3 is 2.41 bits per heavy atom. The molecule has 0 spiro atoms. The van der Waals surface area contributed by atoms with E-state index >= 15 is 0 Å². The zero-order valence-electron chi connectivity index (χ0n) is 15.8. The first-order valence-corrected chi connectivity index (χ1v) is 10.1. The second kappa shape index (κ2) is 7.88. The van der Waals surface area contributed by atoms with Crippen molar-refractivity contribution in [1.82, 2.24) is 8.96 Å². The number of pyridine rings is 1. The quantitative estimate of drug-likeness (QED) is 0.487. The molecule has 2 N–H and O–H groups in total. The van der Waals surface area contributed by atoms with E-state index in [9.17, 15) is 18.0 Å². The van der Waals surface area contributed by atoms with E-state index in [1.165, 1.54) is 44.4 Å². The van der Waals surface area contributed by atoms with Gasteiger partial charge in [-0.2, -0.15) is 0 Å². The Hall–Kier alpha value is -3.46. The molecule has 2 aromatic heterocycles. The van der Waals surface area contributed by atoms with Gasteiger partial charge in [-0.05, 0) is 38.1 Å². The van der Waals surface area contributed by atoms with Gasteiger partial charge in [0.05, 0.1) is 27.4 Å². The predicted octanol–water partition coefficient (Wildman–Crippen LogP) is 2.57. The normalized spacial score (nSPS) is 11.2. The summed E-state index contributed by atoms with van der Waals surface area (Å²) in [6, 6.07) is 10.8. The minimum atomic E-state index is -4.07. The Labute approximate surface area is 168 Å². The van der Waals surface area contributed by atoms with E-state index < -0.39 is 22.6 Å². The number of anilines is 1. The van der Waals surface area contributed by atoms with Crippen LogP contribution in [0.15, 0.2) is 59.8 Å². The van der Waals surface area contributed by atoms with Crippen molar-refractivity contribution in [1.29, 1.82) is 0 Å². The van der Waals surface area contributed by atoms with Gasteiger partial charge < -0.3 is 10.5 Å². The van der Waals surface area contributed by atoms with Gasteiger partial charge in [-0.1, -0.05) is 18.2 Å². The SMILES string of the molecule is CC(=O)c1c(N)c(COC(=O)c2cccnc2)n(S(=O)(=O)c2ccccc2)c1C. The molecule has 0 aliphatic heterocycles. The molecule has 0 saturated heterocycles.